The predicted molar refractivity (Wildman–Crippen MR) is 208 cm³/mol. The zero-order valence-corrected chi connectivity index (χ0v) is 31.3. The number of amides is 1. The van der Waals surface area contributed by atoms with Gasteiger partial charge in [0.05, 0.1) is 0 Å². The summed E-state index contributed by atoms with van der Waals surface area (Å²) in [6.45, 7) is 4.05. The van der Waals surface area contributed by atoms with E-state index in [0.717, 1.165) is 116 Å². The standard InChI is InChI=1S/C43H71NO5/c1-3-5-7-9-10-11-12-13-14-15-16-17-18-19-20-21-22-23-24-25-26-28-34-38-43(48)49-40(35-31-27-8-6-4-2)36-32-29-30-33-37-41(45)44-39-42(46)47/h5,7,10-11,13-14,16-17,19-20,22-23,40H,3-4,6,8-9,12,15,18,21,24-39H2,1-2H3,(H,44,45)(H,46,47)/b7-5-,11-10-,14-13-,17-16-,20-19-,23-22-. The lowest BCUT2D eigenvalue weighted by Gasteiger charge is -2.18. The van der Waals surface area contributed by atoms with Crippen molar-refractivity contribution in [2.24, 2.45) is 0 Å². The number of carbonyl (C=O) groups is 3. The normalized spacial score (nSPS) is 12.9. The summed E-state index contributed by atoms with van der Waals surface area (Å²) in [7, 11) is 0. The average molecular weight is 682 g/mol. The first-order chi connectivity index (χ1) is 24.0. The van der Waals surface area contributed by atoms with Crippen molar-refractivity contribution in [3.8, 4) is 0 Å². The number of carboxylic acids is 1. The van der Waals surface area contributed by atoms with E-state index in [1.54, 1.807) is 0 Å². The van der Waals surface area contributed by atoms with Crippen LogP contribution in [-0.4, -0.2) is 35.6 Å². The molecule has 278 valence electrons. The number of allylic oxidation sites excluding steroid dienone is 12. The van der Waals surface area contributed by atoms with Gasteiger partial charge in [0, 0.05) is 12.8 Å². The quantitative estimate of drug-likeness (QED) is 0.0400. The second kappa shape index (κ2) is 37.7. The van der Waals surface area contributed by atoms with Gasteiger partial charge in [-0.05, 0) is 89.9 Å². The molecule has 0 spiro atoms. The molecule has 0 bridgehead atoms. The molecule has 0 heterocycles. The SMILES string of the molecule is CC/C=C\C/C=C\C/C=C\C/C=C\C/C=C\C/C=C\CCCCCCC(=O)OC(CCCCCCC)CCCCCCC(=O)NCC(=O)O. The molecule has 0 aromatic carbocycles. The summed E-state index contributed by atoms with van der Waals surface area (Å²) in [5.41, 5.74) is 0. The average Bonchev–Trinajstić information content (AvgIpc) is 3.08. The molecule has 2 N–H and O–H groups in total. The minimum atomic E-state index is -1.03. The maximum absolute atomic E-state index is 12.6. The molecule has 0 aromatic rings. The lowest BCUT2D eigenvalue weighted by molar-refractivity contribution is -0.150. The third-order valence-electron chi connectivity index (χ3n) is 8.14. The summed E-state index contributed by atoms with van der Waals surface area (Å²) in [6.07, 6.45) is 50.3. The Morgan fingerprint density at radius 1 is 0.551 bits per heavy atom. The zero-order chi connectivity index (χ0) is 35.9. The molecule has 0 fully saturated rings. The fourth-order valence-electron chi connectivity index (χ4n) is 5.28. The Bertz CT molecular complexity index is 975. The van der Waals surface area contributed by atoms with Crippen LogP contribution in [0.2, 0.25) is 0 Å². The van der Waals surface area contributed by atoms with Gasteiger partial charge in [-0.25, -0.2) is 0 Å². The highest BCUT2D eigenvalue weighted by Gasteiger charge is 2.14. The first-order valence-corrected chi connectivity index (χ1v) is 19.6. The lowest BCUT2D eigenvalue weighted by Crippen LogP contribution is -2.28. The molecule has 6 nitrogen and oxygen atoms in total. The van der Waals surface area contributed by atoms with Gasteiger partial charge in [0.1, 0.15) is 12.6 Å². The van der Waals surface area contributed by atoms with Crippen LogP contribution < -0.4 is 5.32 Å². The number of carbonyl (C=O) groups excluding carboxylic acids is 2. The molecule has 0 aliphatic rings. The van der Waals surface area contributed by atoms with E-state index in [-0.39, 0.29) is 24.5 Å². The second-order valence-corrected chi connectivity index (χ2v) is 12.8. The largest absolute Gasteiger partial charge is 0.480 e. The van der Waals surface area contributed by atoms with Gasteiger partial charge in [-0.2, -0.15) is 0 Å². The van der Waals surface area contributed by atoms with Crippen LogP contribution in [0.15, 0.2) is 72.9 Å². The molecule has 1 amide bonds. The van der Waals surface area contributed by atoms with Crippen LogP contribution in [0.5, 0.6) is 0 Å². The van der Waals surface area contributed by atoms with Crippen LogP contribution in [0.3, 0.4) is 0 Å². The number of hydrogen-bond acceptors (Lipinski definition) is 4. The van der Waals surface area contributed by atoms with Crippen LogP contribution in [0, 0.1) is 0 Å². The third-order valence-corrected chi connectivity index (χ3v) is 8.14. The van der Waals surface area contributed by atoms with Crippen LogP contribution in [0.4, 0.5) is 0 Å². The predicted octanol–water partition coefficient (Wildman–Crippen LogP) is 11.8. The van der Waals surface area contributed by atoms with E-state index >= 15 is 0 Å². The number of ether oxygens (including phenoxy) is 1. The summed E-state index contributed by atoms with van der Waals surface area (Å²) in [6, 6.07) is 0. The smallest absolute Gasteiger partial charge is 0.322 e. The Hall–Kier alpha value is -3.15. The lowest BCUT2D eigenvalue weighted by atomic mass is 10.0. The van der Waals surface area contributed by atoms with Gasteiger partial charge in [0.2, 0.25) is 5.91 Å². The van der Waals surface area contributed by atoms with Gasteiger partial charge in [0.15, 0.2) is 0 Å². The van der Waals surface area contributed by atoms with Crippen molar-refractivity contribution in [2.75, 3.05) is 6.54 Å². The van der Waals surface area contributed by atoms with Crippen LogP contribution in [0.25, 0.3) is 0 Å². The Morgan fingerprint density at radius 3 is 1.51 bits per heavy atom. The van der Waals surface area contributed by atoms with Gasteiger partial charge in [-0.15, -0.1) is 0 Å². The van der Waals surface area contributed by atoms with E-state index in [0.29, 0.717) is 12.8 Å². The molecule has 49 heavy (non-hydrogen) atoms. The highest BCUT2D eigenvalue weighted by atomic mass is 16.5. The van der Waals surface area contributed by atoms with Gasteiger partial charge >= 0.3 is 11.9 Å². The van der Waals surface area contributed by atoms with Crippen molar-refractivity contribution >= 4 is 17.8 Å². The Balaban J connectivity index is 3.98. The molecule has 0 saturated carbocycles. The maximum Gasteiger partial charge on any atom is 0.322 e. The van der Waals surface area contributed by atoms with Crippen molar-refractivity contribution < 1.29 is 24.2 Å². The maximum atomic E-state index is 12.6. The molecule has 0 aliphatic heterocycles. The summed E-state index contributed by atoms with van der Waals surface area (Å²) in [5.74, 6) is -1.30. The van der Waals surface area contributed by atoms with E-state index < -0.39 is 5.97 Å². The molecule has 0 radical (unpaired) electrons. The van der Waals surface area contributed by atoms with Crippen molar-refractivity contribution in [2.45, 2.75) is 174 Å². The molecule has 1 atom stereocenters. The number of unbranched alkanes of at least 4 members (excludes halogenated alkanes) is 11. The minimum absolute atomic E-state index is 0.0129. The Kier molecular flexibility index (Phi) is 35.2. The van der Waals surface area contributed by atoms with E-state index in [1.165, 1.54) is 25.7 Å². The topological polar surface area (TPSA) is 92.7 Å². The first-order valence-electron chi connectivity index (χ1n) is 19.6. The van der Waals surface area contributed by atoms with Crippen LogP contribution >= 0.6 is 0 Å². The summed E-state index contributed by atoms with van der Waals surface area (Å²) in [5, 5.41) is 11.0. The van der Waals surface area contributed by atoms with Gasteiger partial charge < -0.3 is 15.2 Å². The number of aliphatic carboxylic acids is 1. The molecule has 1 unspecified atom stereocenters. The van der Waals surface area contributed by atoms with E-state index in [9.17, 15) is 14.4 Å². The number of rotatable bonds is 34. The number of nitrogens with one attached hydrogen (secondary N) is 1. The van der Waals surface area contributed by atoms with Crippen molar-refractivity contribution in [1.82, 2.24) is 5.32 Å². The summed E-state index contributed by atoms with van der Waals surface area (Å²) < 4.78 is 5.92. The summed E-state index contributed by atoms with van der Waals surface area (Å²) >= 11 is 0. The van der Waals surface area contributed by atoms with E-state index in [2.05, 4.69) is 92.1 Å². The first kappa shape index (κ1) is 45.9. The number of esters is 1. The monoisotopic (exact) mass is 682 g/mol. The Labute approximate surface area is 300 Å². The molecule has 0 aromatic heterocycles. The molecule has 0 aliphatic carbocycles. The van der Waals surface area contributed by atoms with Crippen molar-refractivity contribution in [3.63, 3.8) is 0 Å². The fourth-order valence-corrected chi connectivity index (χ4v) is 5.28. The highest BCUT2D eigenvalue weighted by Crippen LogP contribution is 2.18. The highest BCUT2D eigenvalue weighted by molar-refractivity contribution is 5.80. The number of hydrogen-bond donors (Lipinski definition) is 2. The van der Waals surface area contributed by atoms with Gasteiger partial charge in [-0.3, -0.25) is 14.4 Å². The Morgan fingerprint density at radius 2 is 1.00 bits per heavy atom. The fraction of sp³-hybridized carbons (Fsp3) is 0.651. The molecular formula is C43H71NO5. The zero-order valence-electron chi connectivity index (χ0n) is 31.3. The van der Waals surface area contributed by atoms with Crippen LogP contribution in [-0.2, 0) is 19.1 Å². The van der Waals surface area contributed by atoms with Crippen molar-refractivity contribution in [3.05, 3.63) is 72.9 Å². The number of carboxylic acid groups (broad SMARTS) is 1. The summed E-state index contributed by atoms with van der Waals surface area (Å²) in [4.78, 5) is 34.8. The van der Waals surface area contributed by atoms with Crippen molar-refractivity contribution in [1.29, 1.82) is 0 Å². The van der Waals surface area contributed by atoms with Crippen LogP contribution in [0.1, 0.15) is 168 Å². The van der Waals surface area contributed by atoms with E-state index in [4.69, 9.17) is 9.84 Å². The van der Waals surface area contributed by atoms with Gasteiger partial charge in [-0.1, -0.05) is 138 Å². The van der Waals surface area contributed by atoms with Gasteiger partial charge in [0.25, 0.3) is 0 Å². The third kappa shape index (κ3) is 37.5. The minimum Gasteiger partial charge on any atom is -0.480 e. The molecular weight excluding hydrogens is 610 g/mol. The molecule has 0 rings (SSSR count). The molecule has 6 heteroatoms. The molecule has 0 saturated heterocycles. The second-order valence-electron chi connectivity index (χ2n) is 12.8. The van der Waals surface area contributed by atoms with E-state index in [1.807, 2.05) is 0 Å².